The predicted octanol–water partition coefficient (Wildman–Crippen LogP) is 5.84. The van der Waals surface area contributed by atoms with Crippen LogP contribution in [0.2, 0.25) is 0 Å². The van der Waals surface area contributed by atoms with Crippen molar-refractivity contribution in [3.63, 3.8) is 0 Å². The molecule has 0 bridgehead atoms. The fourth-order valence-corrected chi connectivity index (χ4v) is 5.35. The molecule has 2 heterocycles. The molecule has 2 aromatic carbocycles. The Morgan fingerprint density at radius 1 is 1.11 bits per heavy atom. The van der Waals surface area contributed by atoms with E-state index in [1.807, 2.05) is 48.7 Å². The van der Waals surface area contributed by atoms with Crippen LogP contribution in [0.4, 0.5) is 0 Å². The summed E-state index contributed by atoms with van der Waals surface area (Å²) in [6.45, 7) is 2.79. The lowest BCUT2D eigenvalue weighted by molar-refractivity contribution is 0.0601. The van der Waals surface area contributed by atoms with E-state index < -0.39 is 0 Å². The van der Waals surface area contributed by atoms with E-state index in [4.69, 9.17) is 9.72 Å². The molecule has 0 aliphatic carbocycles. The van der Waals surface area contributed by atoms with Gasteiger partial charge in [-0.3, -0.25) is 4.98 Å². The molecule has 0 aliphatic rings. The number of hydrogen-bond acceptors (Lipinski definition) is 6. The Labute approximate surface area is 218 Å². The van der Waals surface area contributed by atoms with Crippen molar-refractivity contribution in [2.24, 2.45) is 0 Å². The summed E-state index contributed by atoms with van der Waals surface area (Å²) in [5.74, 6) is 0.468. The largest absolute Gasteiger partial charge is 0.465 e. The van der Waals surface area contributed by atoms with Gasteiger partial charge in [0, 0.05) is 41.6 Å². The highest BCUT2D eigenvalue weighted by molar-refractivity contribution is 9.10. The number of carbonyl (C=O) groups excluding carboxylic acids is 1. The highest BCUT2D eigenvalue weighted by Gasteiger charge is 2.15. The lowest BCUT2D eigenvalue weighted by Gasteiger charge is -2.17. The molecule has 0 radical (unpaired) electrons. The number of benzene rings is 2. The topological polar surface area (TPSA) is 60.2 Å². The molecule has 0 fully saturated rings. The molecule has 0 amide bonds. The lowest BCUT2D eigenvalue weighted by Crippen LogP contribution is -2.23. The lowest BCUT2D eigenvalue weighted by atomic mass is 10.2. The first-order valence-corrected chi connectivity index (χ1v) is 13.4. The van der Waals surface area contributed by atoms with E-state index in [-0.39, 0.29) is 5.97 Å². The highest BCUT2D eigenvalue weighted by atomic mass is 79.9. The van der Waals surface area contributed by atoms with Crippen molar-refractivity contribution in [2.45, 2.75) is 30.3 Å². The summed E-state index contributed by atoms with van der Waals surface area (Å²) < 4.78 is 8.23. The Kier molecular flexibility index (Phi) is 8.95. The Morgan fingerprint density at radius 3 is 2.77 bits per heavy atom. The smallest absolute Gasteiger partial charge is 0.337 e. The second-order valence-electron chi connectivity index (χ2n) is 8.39. The van der Waals surface area contributed by atoms with Gasteiger partial charge in [0.1, 0.15) is 0 Å². The van der Waals surface area contributed by atoms with Gasteiger partial charge in [-0.05, 0) is 68.0 Å². The van der Waals surface area contributed by atoms with Crippen molar-refractivity contribution in [2.75, 3.05) is 27.2 Å². The van der Waals surface area contributed by atoms with E-state index in [1.54, 1.807) is 11.8 Å². The molecule has 182 valence electrons. The van der Waals surface area contributed by atoms with Gasteiger partial charge in [0.05, 0.1) is 23.7 Å². The van der Waals surface area contributed by atoms with Crippen molar-refractivity contribution in [3.05, 3.63) is 88.2 Å². The summed E-state index contributed by atoms with van der Waals surface area (Å²) in [6.07, 6.45) is 3.78. The van der Waals surface area contributed by atoms with Crippen LogP contribution in [0.3, 0.4) is 0 Å². The number of likely N-dealkylation sites (N-methyl/N-ethyl adjacent to an activating group) is 1. The first-order valence-electron chi connectivity index (χ1n) is 11.6. The highest BCUT2D eigenvalue weighted by Crippen LogP contribution is 2.28. The summed E-state index contributed by atoms with van der Waals surface area (Å²) in [5.41, 5.74) is 4.71. The van der Waals surface area contributed by atoms with Gasteiger partial charge in [0.2, 0.25) is 0 Å². The molecule has 35 heavy (non-hydrogen) atoms. The maximum absolute atomic E-state index is 12.0. The summed E-state index contributed by atoms with van der Waals surface area (Å²) >= 11 is 5.27. The number of imidazole rings is 1. The zero-order valence-electron chi connectivity index (χ0n) is 20.0. The Hall–Kier alpha value is -2.68. The van der Waals surface area contributed by atoms with E-state index in [1.165, 1.54) is 12.7 Å². The number of carbonyl (C=O) groups is 1. The minimum absolute atomic E-state index is 0.348. The van der Waals surface area contributed by atoms with Crippen molar-refractivity contribution in [3.8, 4) is 0 Å². The number of hydrogen-bond donors (Lipinski definition) is 0. The number of aromatic nitrogens is 3. The normalized spacial score (nSPS) is 11.3. The average Bonchev–Trinajstić information content (AvgIpc) is 3.23. The van der Waals surface area contributed by atoms with Crippen LogP contribution in [0.15, 0.2) is 76.5 Å². The van der Waals surface area contributed by atoms with Crippen LogP contribution in [0.5, 0.6) is 0 Å². The van der Waals surface area contributed by atoms with Crippen molar-refractivity contribution < 1.29 is 9.53 Å². The van der Waals surface area contributed by atoms with Crippen LogP contribution >= 0.6 is 27.7 Å². The van der Waals surface area contributed by atoms with Crippen LogP contribution in [-0.4, -0.2) is 52.7 Å². The van der Waals surface area contributed by atoms with Crippen LogP contribution in [0, 0.1) is 0 Å². The fraction of sp³-hybridized carbons (Fsp3) is 0.296. The van der Waals surface area contributed by atoms with Gasteiger partial charge in [-0.1, -0.05) is 45.9 Å². The molecule has 0 saturated carbocycles. The Bertz CT molecular complexity index is 1280. The zero-order chi connectivity index (χ0) is 24.6. The van der Waals surface area contributed by atoms with Crippen molar-refractivity contribution >= 4 is 44.7 Å². The molecular formula is C27H29BrN4O2S. The maximum atomic E-state index is 12.0. The van der Waals surface area contributed by atoms with E-state index in [2.05, 4.69) is 55.6 Å². The average molecular weight is 554 g/mol. The number of nitrogens with zero attached hydrogens (tertiary/aromatic N) is 4. The Morgan fingerprint density at radius 2 is 2.00 bits per heavy atom. The van der Waals surface area contributed by atoms with Gasteiger partial charge in [-0.2, -0.15) is 0 Å². The molecule has 8 heteroatoms. The minimum atomic E-state index is -0.348. The van der Waals surface area contributed by atoms with Crippen LogP contribution in [-0.2, 0) is 23.5 Å². The van der Waals surface area contributed by atoms with Gasteiger partial charge in [-0.15, -0.1) is 0 Å². The molecule has 6 nitrogen and oxygen atoms in total. The zero-order valence-corrected chi connectivity index (χ0v) is 22.4. The minimum Gasteiger partial charge on any atom is -0.465 e. The summed E-state index contributed by atoms with van der Waals surface area (Å²) in [5, 5.41) is 0.957. The quantitative estimate of drug-likeness (QED) is 0.172. The number of pyridine rings is 1. The number of halogens is 1. The standard InChI is InChI=1S/C27H29BrN4O2S/c1-31(16-12-23-9-3-4-13-29-23)14-6-15-32-25-11-10-21(26(33)34-2)18-24(25)30-27(32)35-19-20-7-5-8-22(28)17-20/h3-5,7-11,13,17-18H,6,12,14-16,19H2,1-2H3. The number of methoxy groups -OCH3 is 1. The molecule has 0 unspecified atom stereocenters. The summed E-state index contributed by atoms with van der Waals surface area (Å²) in [7, 11) is 3.55. The number of ether oxygens (including phenoxy) is 1. The fourth-order valence-electron chi connectivity index (χ4n) is 3.92. The SMILES string of the molecule is COC(=O)c1ccc2c(c1)nc(SCc1cccc(Br)c1)n2CCCN(C)CCc1ccccn1. The maximum Gasteiger partial charge on any atom is 0.337 e. The summed E-state index contributed by atoms with van der Waals surface area (Å²) in [6, 6.07) is 20.0. The van der Waals surface area contributed by atoms with Gasteiger partial charge < -0.3 is 14.2 Å². The van der Waals surface area contributed by atoms with Crippen LogP contribution in [0.1, 0.15) is 28.0 Å². The number of esters is 1. The number of rotatable bonds is 11. The number of thioether (sulfide) groups is 1. The molecule has 0 aliphatic heterocycles. The van der Waals surface area contributed by atoms with Gasteiger partial charge in [-0.25, -0.2) is 9.78 Å². The number of aryl methyl sites for hydroxylation is 1. The molecule has 0 spiro atoms. The van der Waals surface area contributed by atoms with Gasteiger partial charge in [0.25, 0.3) is 0 Å². The predicted molar refractivity (Wildman–Crippen MR) is 145 cm³/mol. The molecule has 0 saturated heterocycles. The first kappa shape index (κ1) is 25.4. The van der Waals surface area contributed by atoms with E-state index in [9.17, 15) is 4.79 Å². The second kappa shape index (κ2) is 12.3. The molecular weight excluding hydrogens is 524 g/mol. The second-order valence-corrected chi connectivity index (χ2v) is 10.2. The summed E-state index contributed by atoms with van der Waals surface area (Å²) in [4.78, 5) is 23.7. The van der Waals surface area contributed by atoms with Crippen molar-refractivity contribution in [1.82, 2.24) is 19.4 Å². The third-order valence-corrected chi connectivity index (χ3v) is 7.33. The van der Waals surface area contributed by atoms with Gasteiger partial charge in [0.15, 0.2) is 5.16 Å². The third-order valence-electron chi connectivity index (χ3n) is 5.79. The van der Waals surface area contributed by atoms with Crippen molar-refractivity contribution in [1.29, 1.82) is 0 Å². The molecule has 4 aromatic rings. The van der Waals surface area contributed by atoms with E-state index in [0.717, 1.165) is 64.6 Å². The Balaban J connectivity index is 1.46. The molecule has 2 aromatic heterocycles. The first-order chi connectivity index (χ1) is 17.0. The van der Waals surface area contributed by atoms with Crippen LogP contribution in [0.25, 0.3) is 11.0 Å². The monoisotopic (exact) mass is 552 g/mol. The van der Waals surface area contributed by atoms with Crippen LogP contribution < -0.4 is 0 Å². The van der Waals surface area contributed by atoms with E-state index in [0.29, 0.717) is 5.56 Å². The molecule has 0 atom stereocenters. The van der Waals surface area contributed by atoms with Gasteiger partial charge >= 0.3 is 5.97 Å². The third kappa shape index (κ3) is 6.93. The van der Waals surface area contributed by atoms with E-state index >= 15 is 0 Å². The molecule has 4 rings (SSSR count). The number of fused-ring (bicyclic) bond motifs is 1. The molecule has 0 N–H and O–H groups in total.